The molecule has 0 aliphatic heterocycles. The Balaban J connectivity index is 2.27. The number of carbonyl (C=O) groups excluding carboxylic acids is 1. The van der Waals surface area contributed by atoms with Crippen molar-refractivity contribution in [2.75, 3.05) is 6.54 Å². The van der Waals surface area contributed by atoms with Crippen molar-refractivity contribution in [1.29, 1.82) is 0 Å². The van der Waals surface area contributed by atoms with Crippen molar-refractivity contribution in [3.05, 3.63) is 28.0 Å². The number of hydrogen-bond acceptors (Lipinski definition) is 3. The lowest BCUT2D eigenvalue weighted by molar-refractivity contribution is 0.0943. The molecule has 0 saturated heterocycles. The van der Waals surface area contributed by atoms with Crippen LogP contribution < -0.4 is 10.5 Å². The van der Waals surface area contributed by atoms with Gasteiger partial charge in [-0.1, -0.05) is 6.92 Å². The van der Waals surface area contributed by atoms with E-state index in [0.29, 0.717) is 6.54 Å². The van der Waals surface area contributed by atoms with Crippen LogP contribution in [0, 0.1) is 11.2 Å². The largest absolute Gasteiger partial charge is 0.351 e. The fourth-order valence-corrected chi connectivity index (χ4v) is 3.85. The number of primary sulfonamides is 1. The molecule has 116 valence electrons. The lowest BCUT2D eigenvalue weighted by atomic mass is 10.0. The molecule has 1 aromatic carbocycles. The van der Waals surface area contributed by atoms with Crippen molar-refractivity contribution in [1.82, 2.24) is 5.32 Å². The molecule has 1 aliphatic carbocycles. The Bertz CT molecular complexity index is 687. The predicted octanol–water partition coefficient (Wildman–Crippen LogP) is 2.16. The first-order valence-corrected chi connectivity index (χ1v) is 8.82. The van der Waals surface area contributed by atoms with Crippen molar-refractivity contribution in [2.45, 2.75) is 31.1 Å². The highest BCUT2D eigenvalue weighted by Crippen LogP contribution is 2.47. The Kier molecular flexibility index (Phi) is 4.41. The van der Waals surface area contributed by atoms with Crippen LogP contribution in [0.3, 0.4) is 0 Å². The van der Waals surface area contributed by atoms with Crippen LogP contribution in [0.15, 0.2) is 21.5 Å². The Hall–Kier alpha value is -0.990. The van der Waals surface area contributed by atoms with Gasteiger partial charge in [0.1, 0.15) is 5.82 Å². The molecule has 2 rings (SSSR count). The number of halogens is 2. The lowest BCUT2D eigenvalue weighted by Crippen LogP contribution is -2.30. The van der Waals surface area contributed by atoms with Crippen LogP contribution in [-0.4, -0.2) is 20.9 Å². The smallest absolute Gasteiger partial charge is 0.252 e. The third-order valence-corrected chi connectivity index (χ3v) is 5.94. The average Bonchev–Trinajstić information content (AvgIpc) is 3.17. The van der Waals surface area contributed by atoms with Gasteiger partial charge in [0, 0.05) is 6.54 Å². The molecule has 0 bridgehead atoms. The quantitative estimate of drug-likeness (QED) is 0.822. The summed E-state index contributed by atoms with van der Waals surface area (Å²) in [5, 5.41) is 7.74. The zero-order valence-electron chi connectivity index (χ0n) is 11.4. The van der Waals surface area contributed by atoms with E-state index in [4.69, 9.17) is 5.14 Å². The van der Waals surface area contributed by atoms with Crippen molar-refractivity contribution in [2.24, 2.45) is 10.6 Å². The van der Waals surface area contributed by atoms with E-state index in [0.717, 1.165) is 31.4 Å². The van der Waals surface area contributed by atoms with E-state index in [1.54, 1.807) is 0 Å². The average molecular weight is 379 g/mol. The van der Waals surface area contributed by atoms with Crippen molar-refractivity contribution in [3.63, 3.8) is 0 Å². The standard InChI is InChI=1S/C13H16BrFN2O3S/c1-2-13(3-4-13)7-17-12(18)9-5-8(15)6-10(11(9)14)21(16,19)20/h5-6H,2-4,7H2,1H3,(H,17,18)(H2,16,19,20). The number of hydrogen-bond donors (Lipinski definition) is 2. The summed E-state index contributed by atoms with van der Waals surface area (Å²) in [6, 6.07) is 1.77. The molecular weight excluding hydrogens is 363 g/mol. The van der Waals surface area contributed by atoms with E-state index in [1.807, 2.05) is 0 Å². The minimum atomic E-state index is -4.11. The van der Waals surface area contributed by atoms with Crippen LogP contribution in [0.1, 0.15) is 36.5 Å². The number of sulfonamides is 1. The van der Waals surface area contributed by atoms with Gasteiger partial charge in [0.25, 0.3) is 5.91 Å². The number of rotatable bonds is 5. The summed E-state index contributed by atoms with van der Waals surface area (Å²) in [7, 11) is -4.11. The first-order valence-electron chi connectivity index (χ1n) is 6.48. The summed E-state index contributed by atoms with van der Waals surface area (Å²) in [4.78, 5) is 11.7. The summed E-state index contributed by atoms with van der Waals surface area (Å²) in [6.07, 6.45) is 3.06. The molecule has 0 atom stereocenters. The molecule has 1 aliphatic rings. The fraction of sp³-hybridized carbons (Fsp3) is 0.462. The van der Waals surface area contributed by atoms with Gasteiger partial charge in [-0.3, -0.25) is 4.79 Å². The highest BCUT2D eigenvalue weighted by atomic mass is 79.9. The Morgan fingerprint density at radius 3 is 2.57 bits per heavy atom. The van der Waals surface area contributed by atoms with Crippen LogP contribution in [0.2, 0.25) is 0 Å². The lowest BCUT2D eigenvalue weighted by Gasteiger charge is -2.14. The molecule has 1 aromatic rings. The molecule has 0 radical (unpaired) electrons. The number of nitrogens with two attached hydrogens (primary N) is 1. The van der Waals surface area contributed by atoms with E-state index in [-0.39, 0.29) is 15.5 Å². The maximum absolute atomic E-state index is 13.5. The second kappa shape index (κ2) is 5.66. The molecular formula is C13H16BrFN2O3S. The maximum Gasteiger partial charge on any atom is 0.252 e. The van der Waals surface area contributed by atoms with E-state index >= 15 is 0 Å². The predicted molar refractivity (Wildman–Crippen MR) is 79.8 cm³/mol. The van der Waals surface area contributed by atoms with E-state index in [1.165, 1.54) is 0 Å². The zero-order valence-corrected chi connectivity index (χ0v) is 13.9. The van der Waals surface area contributed by atoms with Crippen molar-refractivity contribution >= 4 is 31.9 Å². The number of benzene rings is 1. The van der Waals surface area contributed by atoms with Gasteiger partial charge in [0.2, 0.25) is 10.0 Å². The van der Waals surface area contributed by atoms with Crippen LogP contribution >= 0.6 is 15.9 Å². The molecule has 0 unspecified atom stereocenters. The molecule has 1 amide bonds. The summed E-state index contributed by atoms with van der Waals surface area (Å²) in [5.74, 6) is -1.35. The van der Waals surface area contributed by atoms with Gasteiger partial charge < -0.3 is 5.32 Å². The summed E-state index contributed by atoms with van der Waals surface area (Å²) >= 11 is 3.02. The van der Waals surface area contributed by atoms with Crippen LogP contribution in [0.4, 0.5) is 4.39 Å². The highest BCUT2D eigenvalue weighted by Gasteiger charge is 2.40. The third kappa shape index (κ3) is 3.61. The molecule has 3 N–H and O–H groups in total. The minimum Gasteiger partial charge on any atom is -0.351 e. The Morgan fingerprint density at radius 1 is 1.48 bits per heavy atom. The number of nitrogens with one attached hydrogen (secondary N) is 1. The first kappa shape index (κ1) is 16.4. The van der Waals surface area contributed by atoms with E-state index < -0.39 is 26.6 Å². The summed E-state index contributed by atoms with van der Waals surface area (Å²) in [6.45, 7) is 2.55. The van der Waals surface area contributed by atoms with Gasteiger partial charge >= 0.3 is 0 Å². The molecule has 0 aromatic heterocycles. The Labute approximate surface area is 131 Å². The molecule has 21 heavy (non-hydrogen) atoms. The van der Waals surface area contributed by atoms with Crippen LogP contribution in [0.25, 0.3) is 0 Å². The minimum absolute atomic E-state index is 0.0229. The van der Waals surface area contributed by atoms with Gasteiger partial charge in [-0.05, 0) is 52.7 Å². The highest BCUT2D eigenvalue weighted by molar-refractivity contribution is 9.10. The SMILES string of the molecule is CCC1(CNC(=O)c2cc(F)cc(S(N)(=O)=O)c2Br)CC1. The van der Waals surface area contributed by atoms with Crippen LogP contribution in [0.5, 0.6) is 0 Å². The van der Waals surface area contributed by atoms with Gasteiger partial charge in [0.05, 0.1) is 14.9 Å². The molecule has 5 nitrogen and oxygen atoms in total. The third-order valence-electron chi connectivity index (χ3n) is 3.89. The van der Waals surface area contributed by atoms with Gasteiger partial charge in [0.15, 0.2) is 0 Å². The van der Waals surface area contributed by atoms with Gasteiger partial charge in [-0.25, -0.2) is 17.9 Å². The summed E-state index contributed by atoms with van der Waals surface area (Å²) < 4.78 is 36.3. The second-order valence-corrected chi connectivity index (χ2v) is 7.67. The maximum atomic E-state index is 13.5. The number of amides is 1. The second-order valence-electron chi connectivity index (χ2n) is 5.35. The topological polar surface area (TPSA) is 89.3 Å². The molecule has 8 heteroatoms. The van der Waals surface area contributed by atoms with E-state index in [2.05, 4.69) is 28.2 Å². The van der Waals surface area contributed by atoms with Crippen molar-refractivity contribution < 1.29 is 17.6 Å². The summed E-state index contributed by atoms with van der Waals surface area (Å²) in [5.41, 5.74) is 0.0593. The van der Waals surface area contributed by atoms with Crippen LogP contribution in [-0.2, 0) is 10.0 Å². The first-order chi connectivity index (χ1) is 9.68. The molecule has 0 heterocycles. The van der Waals surface area contributed by atoms with Gasteiger partial charge in [-0.2, -0.15) is 0 Å². The zero-order chi connectivity index (χ0) is 15.8. The molecule has 0 spiro atoms. The molecule has 1 saturated carbocycles. The van der Waals surface area contributed by atoms with Crippen molar-refractivity contribution in [3.8, 4) is 0 Å². The van der Waals surface area contributed by atoms with E-state index in [9.17, 15) is 17.6 Å². The van der Waals surface area contributed by atoms with Gasteiger partial charge in [-0.15, -0.1) is 0 Å². The number of carbonyl (C=O) groups is 1. The fourth-order valence-electron chi connectivity index (χ4n) is 2.13. The molecule has 1 fully saturated rings. The Morgan fingerprint density at radius 2 is 2.10 bits per heavy atom. The monoisotopic (exact) mass is 378 g/mol. The normalized spacial score (nSPS) is 16.6.